The Morgan fingerprint density at radius 2 is 2.21 bits per heavy atom. The van der Waals surface area contributed by atoms with Crippen molar-refractivity contribution in [3.63, 3.8) is 0 Å². The van der Waals surface area contributed by atoms with Crippen LogP contribution in [0.4, 0.5) is 0 Å². The van der Waals surface area contributed by atoms with Crippen molar-refractivity contribution in [1.82, 2.24) is 10.3 Å². The summed E-state index contributed by atoms with van der Waals surface area (Å²) in [6.07, 6.45) is 1.69. The van der Waals surface area contributed by atoms with Gasteiger partial charge in [-0.15, -0.1) is 0 Å². The predicted molar refractivity (Wildman–Crippen MR) is 54.8 cm³/mol. The van der Waals surface area contributed by atoms with Gasteiger partial charge in [0.1, 0.15) is 5.76 Å². The van der Waals surface area contributed by atoms with E-state index in [9.17, 15) is 0 Å². The fourth-order valence-corrected chi connectivity index (χ4v) is 1.40. The van der Waals surface area contributed by atoms with E-state index in [0.717, 1.165) is 18.8 Å². The molecule has 14 heavy (non-hydrogen) atoms. The molecule has 0 aliphatic rings. The molecule has 2 rings (SSSR count). The van der Waals surface area contributed by atoms with E-state index in [0.29, 0.717) is 0 Å². The molecule has 2 N–H and O–H groups in total. The topological polar surface area (TPSA) is 41.0 Å². The monoisotopic (exact) mass is 190 g/mol. The largest absolute Gasteiger partial charge is 0.468 e. The minimum Gasteiger partial charge on any atom is -0.468 e. The number of nitrogens with one attached hydrogen (secondary N) is 2. The molecule has 0 saturated carbocycles. The molecule has 0 aliphatic carbocycles. The first-order chi connectivity index (χ1) is 6.84. The lowest BCUT2D eigenvalue weighted by atomic mass is 10.4. The lowest BCUT2D eigenvalue weighted by Crippen LogP contribution is -2.12. The van der Waals surface area contributed by atoms with E-state index < -0.39 is 0 Å². The first-order valence-electron chi connectivity index (χ1n) is 4.72. The van der Waals surface area contributed by atoms with Gasteiger partial charge in [-0.2, -0.15) is 0 Å². The summed E-state index contributed by atoms with van der Waals surface area (Å²) in [5, 5.41) is 3.29. The Morgan fingerprint density at radius 3 is 2.86 bits per heavy atom. The molecule has 2 aromatic heterocycles. The summed E-state index contributed by atoms with van der Waals surface area (Å²) in [7, 11) is 0. The summed E-state index contributed by atoms with van der Waals surface area (Å²) in [4.78, 5) is 3.26. The molecule has 0 amide bonds. The molecule has 0 fully saturated rings. The Bertz CT molecular complexity index is 376. The van der Waals surface area contributed by atoms with Crippen LogP contribution in [0.1, 0.15) is 17.1 Å². The number of H-pyrrole nitrogens is 1. The van der Waals surface area contributed by atoms with Gasteiger partial charge in [0.25, 0.3) is 0 Å². The van der Waals surface area contributed by atoms with Gasteiger partial charge in [0, 0.05) is 17.9 Å². The third-order valence-electron chi connectivity index (χ3n) is 2.09. The zero-order valence-electron chi connectivity index (χ0n) is 8.21. The molecule has 2 heterocycles. The summed E-state index contributed by atoms with van der Waals surface area (Å²) in [6, 6.07) is 8.02. The fraction of sp³-hybridized carbons (Fsp3) is 0.273. The summed E-state index contributed by atoms with van der Waals surface area (Å²) in [5.74, 6) is 0.966. The second-order valence-corrected chi connectivity index (χ2v) is 3.35. The molecule has 0 spiro atoms. The van der Waals surface area contributed by atoms with Gasteiger partial charge in [-0.1, -0.05) is 0 Å². The molecule has 0 unspecified atom stereocenters. The molecule has 3 heteroatoms. The normalized spacial score (nSPS) is 10.6. The van der Waals surface area contributed by atoms with Gasteiger partial charge in [-0.3, -0.25) is 0 Å². The molecule has 2 aromatic rings. The predicted octanol–water partition coefficient (Wildman–Crippen LogP) is 2.21. The van der Waals surface area contributed by atoms with E-state index in [1.54, 1.807) is 6.26 Å². The van der Waals surface area contributed by atoms with Gasteiger partial charge in [0.2, 0.25) is 0 Å². The summed E-state index contributed by atoms with van der Waals surface area (Å²) in [5.41, 5.74) is 2.40. The highest BCUT2D eigenvalue weighted by molar-refractivity contribution is 5.11. The summed E-state index contributed by atoms with van der Waals surface area (Å²) in [6.45, 7) is 3.66. The van der Waals surface area contributed by atoms with Crippen molar-refractivity contribution < 1.29 is 4.42 Å². The van der Waals surface area contributed by atoms with Crippen LogP contribution in [0.2, 0.25) is 0 Å². The van der Waals surface area contributed by atoms with Crippen LogP contribution in [0.5, 0.6) is 0 Å². The molecule has 0 bridgehead atoms. The molecule has 3 nitrogen and oxygen atoms in total. The molecule has 74 valence electrons. The Hall–Kier alpha value is -1.48. The standard InChI is InChI=1S/C11H14N2O/c1-9-4-5-10(13-9)7-12-8-11-3-2-6-14-11/h2-6,12-13H,7-8H2,1H3. The number of aryl methyl sites for hydroxylation is 1. The van der Waals surface area contributed by atoms with Crippen LogP contribution in [0.15, 0.2) is 34.9 Å². The molecule has 0 atom stereocenters. The van der Waals surface area contributed by atoms with E-state index in [1.165, 1.54) is 11.4 Å². The maximum atomic E-state index is 5.20. The van der Waals surface area contributed by atoms with Crippen molar-refractivity contribution in [3.05, 3.63) is 47.7 Å². The van der Waals surface area contributed by atoms with Crippen molar-refractivity contribution in [2.75, 3.05) is 0 Å². The molecular weight excluding hydrogens is 176 g/mol. The number of hydrogen-bond acceptors (Lipinski definition) is 2. The summed E-state index contributed by atoms with van der Waals surface area (Å²) < 4.78 is 5.20. The van der Waals surface area contributed by atoms with Crippen LogP contribution in [0, 0.1) is 6.92 Å². The van der Waals surface area contributed by atoms with Crippen molar-refractivity contribution >= 4 is 0 Å². The molecule has 0 radical (unpaired) electrons. The van der Waals surface area contributed by atoms with Gasteiger partial charge < -0.3 is 14.7 Å². The number of aromatic nitrogens is 1. The Balaban J connectivity index is 1.78. The van der Waals surface area contributed by atoms with Crippen molar-refractivity contribution in [2.24, 2.45) is 0 Å². The highest BCUT2D eigenvalue weighted by Crippen LogP contribution is 2.02. The first kappa shape index (κ1) is 9.09. The Labute approximate surface area is 83.1 Å². The van der Waals surface area contributed by atoms with Gasteiger partial charge in [-0.05, 0) is 31.2 Å². The van der Waals surface area contributed by atoms with E-state index in [2.05, 4.69) is 29.4 Å². The lowest BCUT2D eigenvalue weighted by Gasteiger charge is -2.00. The number of hydrogen-bond donors (Lipinski definition) is 2. The lowest BCUT2D eigenvalue weighted by molar-refractivity contribution is 0.482. The van der Waals surface area contributed by atoms with Gasteiger partial charge in [0.15, 0.2) is 0 Å². The number of furan rings is 1. The Morgan fingerprint density at radius 1 is 1.29 bits per heavy atom. The fourth-order valence-electron chi connectivity index (χ4n) is 1.40. The van der Waals surface area contributed by atoms with Crippen LogP contribution < -0.4 is 5.32 Å². The second kappa shape index (κ2) is 4.15. The van der Waals surface area contributed by atoms with Crippen LogP contribution >= 0.6 is 0 Å². The maximum absolute atomic E-state index is 5.20. The van der Waals surface area contributed by atoms with Crippen LogP contribution in [-0.4, -0.2) is 4.98 Å². The number of aromatic amines is 1. The Kier molecular flexibility index (Phi) is 2.70. The highest BCUT2D eigenvalue weighted by atomic mass is 16.3. The highest BCUT2D eigenvalue weighted by Gasteiger charge is 1.96. The van der Waals surface area contributed by atoms with Gasteiger partial charge in [-0.25, -0.2) is 0 Å². The average molecular weight is 190 g/mol. The molecular formula is C11H14N2O. The van der Waals surface area contributed by atoms with Crippen molar-refractivity contribution in [1.29, 1.82) is 0 Å². The van der Waals surface area contributed by atoms with Crippen molar-refractivity contribution in [3.8, 4) is 0 Å². The number of rotatable bonds is 4. The van der Waals surface area contributed by atoms with E-state index in [1.807, 2.05) is 12.1 Å². The molecule has 0 aliphatic heterocycles. The smallest absolute Gasteiger partial charge is 0.117 e. The van der Waals surface area contributed by atoms with E-state index in [4.69, 9.17) is 4.42 Å². The van der Waals surface area contributed by atoms with Crippen LogP contribution in [0.3, 0.4) is 0 Å². The third-order valence-corrected chi connectivity index (χ3v) is 2.09. The quantitative estimate of drug-likeness (QED) is 0.776. The zero-order chi connectivity index (χ0) is 9.80. The summed E-state index contributed by atoms with van der Waals surface area (Å²) >= 11 is 0. The van der Waals surface area contributed by atoms with Crippen LogP contribution in [-0.2, 0) is 13.1 Å². The average Bonchev–Trinajstić information content (AvgIpc) is 2.77. The minimum absolute atomic E-state index is 0.769. The van der Waals surface area contributed by atoms with Crippen molar-refractivity contribution in [2.45, 2.75) is 20.0 Å². The molecule has 0 aromatic carbocycles. The molecule has 0 saturated heterocycles. The zero-order valence-corrected chi connectivity index (χ0v) is 8.21. The van der Waals surface area contributed by atoms with E-state index in [-0.39, 0.29) is 0 Å². The minimum atomic E-state index is 0.769. The van der Waals surface area contributed by atoms with Gasteiger partial charge in [0.05, 0.1) is 12.8 Å². The first-order valence-corrected chi connectivity index (χ1v) is 4.72. The van der Waals surface area contributed by atoms with Gasteiger partial charge >= 0.3 is 0 Å². The van der Waals surface area contributed by atoms with Crippen LogP contribution in [0.25, 0.3) is 0 Å². The SMILES string of the molecule is Cc1ccc(CNCc2ccco2)[nH]1. The maximum Gasteiger partial charge on any atom is 0.117 e. The second-order valence-electron chi connectivity index (χ2n) is 3.35. The third kappa shape index (κ3) is 2.26. The van der Waals surface area contributed by atoms with E-state index >= 15 is 0 Å².